The highest BCUT2D eigenvalue weighted by Gasteiger charge is 2.22. The van der Waals surface area contributed by atoms with Gasteiger partial charge in [-0.05, 0) is 48.7 Å². The molecule has 13 heteroatoms. The maximum atomic E-state index is 13.2. The average molecular weight is 839 g/mol. The Kier molecular flexibility index (Phi) is 17.0. The monoisotopic (exact) mass is 838 g/mol. The summed E-state index contributed by atoms with van der Waals surface area (Å²) in [6, 6.07) is 13.2. The van der Waals surface area contributed by atoms with E-state index >= 15 is 0 Å². The molecule has 4 rings (SSSR count). The van der Waals surface area contributed by atoms with Gasteiger partial charge in [-0.1, -0.05) is 91.4 Å². The molecule has 58 heavy (non-hydrogen) atoms. The lowest BCUT2D eigenvalue weighted by atomic mass is 9.90. The van der Waals surface area contributed by atoms with Crippen molar-refractivity contribution >= 4 is 48.8 Å². The largest absolute Gasteiger partial charge is 0.748 e. The number of benzene rings is 2. The molecule has 0 amide bonds. The van der Waals surface area contributed by atoms with Crippen LogP contribution in [0.2, 0.25) is 0 Å². The van der Waals surface area contributed by atoms with Crippen molar-refractivity contribution in [3.63, 3.8) is 0 Å². The first-order chi connectivity index (χ1) is 27.4. The summed E-state index contributed by atoms with van der Waals surface area (Å²) in [6.07, 6.45) is 17.7. The van der Waals surface area contributed by atoms with Gasteiger partial charge in [-0.15, -0.1) is 0 Å². The van der Waals surface area contributed by atoms with Crippen molar-refractivity contribution in [2.75, 3.05) is 48.8 Å². The van der Waals surface area contributed by atoms with E-state index in [1.807, 2.05) is 73.9 Å². The number of hydrogen-bond acceptors (Lipinski definition) is 10. The zero-order valence-corrected chi connectivity index (χ0v) is 36.7. The third-order valence-electron chi connectivity index (χ3n) is 10.1. The lowest BCUT2D eigenvalue weighted by Gasteiger charge is -2.25. The van der Waals surface area contributed by atoms with Crippen LogP contribution in [0.15, 0.2) is 68.2 Å². The summed E-state index contributed by atoms with van der Waals surface area (Å²) < 4.78 is 71.6. The molecule has 0 spiro atoms. The highest BCUT2D eigenvalue weighted by Crippen LogP contribution is 2.34. The van der Waals surface area contributed by atoms with E-state index in [2.05, 4.69) is 18.7 Å². The number of aromatic hydroxyl groups is 1. The minimum absolute atomic E-state index is 0.0327. The van der Waals surface area contributed by atoms with Crippen LogP contribution in [0, 0.1) is 0 Å². The number of hydrogen-bond donors (Lipinski definition) is 1. The van der Waals surface area contributed by atoms with Crippen LogP contribution < -0.4 is 20.5 Å². The topological polar surface area (TPSA) is 161 Å². The van der Waals surface area contributed by atoms with Gasteiger partial charge in [0.1, 0.15) is 51.3 Å². The second-order valence-electron chi connectivity index (χ2n) is 16.2. The maximum Gasteiger partial charge on any atom is 0.347 e. The Morgan fingerprint density at radius 2 is 1.43 bits per heavy atom. The Hall–Kier alpha value is -4.20. The Morgan fingerprint density at radius 1 is 0.793 bits per heavy atom. The van der Waals surface area contributed by atoms with Crippen molar-refractivity contribution in [3.8, 4) is 17.1 Å². The lowest BCUT2D eigenvalue weighted by molar-refractivity contribution is 0.404. The Labute approximate surface area is 344 Å². The second kappa shape index (κ2) is 21.2. The van der Waals surface area contributed by atoms with Gasteiger partial charge in [0.15, 0.2) is 0 Å². The first-order valence-corrected chi connectivity index (χ1v) is 24.2. The zero-order valence-electron chi connectivity index (χ0n) is 35.1. The molecule has 0 saturated heterocycles. The van der Waals surface area contributed by atoms with Crippen LogP contribution in [-0.4, -0.2) is 70.4 Å². The van der Waals surface area contributed by atoms with Crippen molar-refractivity contribution in [2.45, 2.75) is 104 Å². The summed E-state index contributed by atoms with van der Waals surface area (Å²) in [5.74, 6) is 0.566. The first kappa shape index (κ1) is 46.5. The highest BCUT2D eigenvalue weighted by atomic mass is 32.2. The number of nitrogens with zero attached hydrogens (tertiary/aromatic N) is 2. The van der Waals surface area contributed by atoms with Gasteiger partial charge in [-0.3, -0.25) is 0 Å². The Morgan fingerprint density at radius 3 is 2.03 bits per heavy atom. The van der Waals surface area contributed by atoms with Gasteiger partial charge in [-0.25, -0.2) is 26.2 Å². The van der Waals surface area contributed by atoms with Crippen LogP contribution in [-0.2, 0) is 25.4 Å². The van der Waals surface area contributed by atoms with Gasteiger partial charge in [0.05, 0.1) is 27.3 Å². The molecule has 1 aliphatic heterocycles. The summed E-state index contributed by atoms with van der Waals surface area (Å²) in [5, 5.41) is 12.4. The summed E-state index contributed by atoms with van der Waals surface area (Å²) in [6.45, 7) is 12.9. The molecule has 1 aromatic carbocycles. The molecular formula is C45H62N2O9S2. The molecule has 0 fully saturated rings. The van der Waals surface area contributed by atoms with Crippen molar-refractivity contribution in [1.82, 2.24) is 4.58 Å². The van der Waals surface area contributed by atoms with E-state index in [1.54, 1.807) is 12.2 Å². The Balaban J connectivity index is 1.66. The second-order valence-corrected chi connectivity index (χ2v) is 20.0. The molecule has 1 aromatic heterocycles. The van der Waals surface area contributed by atoms with E-state index in [9.17, 15) is 31.3 Å². The third kappa shape index (κ3) is 14.3. The number of rotatable bonds is 22. The van der Waals surface area contributed by atoms with E-state index in [4.69, 9.17) is 8.83 Å². The predicted octanol–water partition coefficient (Wildman–Crippen LogP) is 8.33. The van der Waals surface area contributed by atoms with Gasteiger partial charge < -0.3 is 23.4 Å². The summed E-state index contributed by atoms with van der Waals surface area (Å²) in [7, 11) is -7.61. The van der Waals surface area contributed by atoms with Crippen LogP contribution >= 0.6 is 0 Å². The maximum absolute atomic E-state index is 13.2. The smallest absolute Gasteiger partial charge is 0.347 e. The fraction of sp³-hybridized carbons (Fsp3) is 0.511. The summed E-state index contributed by atoms with van der Waals surface area (Å²) in [4.78, 5) is 15.6. The molecule has 0 saturated carbocycles. The van der Waals surface area contributed by atoms with Crippen LogP contribution in [0.25, 0.3) is 34.4 Å². The zero-order chi connectivity index (χ0) is 42.5. The normalized spacial score (nSPS) is 13.4. The van der Waals surface area contributed by atoms with Crippen LogP contribution in [0.4, 0.5) is 5.69 Å². The molecule has 0 bridgehead atoms. The SMILES string of the molecule is CCCCCCN(CCCCCC)c1ccc2c(O)c(/C=C/C=C/c3cc(C(C)(C)C)oc4cc(=[N+](CCCS(C)(=O)=O)CCCS(=O)(=O)[O-])ccc3-4)c(=O)oc2c1. The molecule has 2 aromatic rings. The molecule has 0 unspecified atom stereocenters. The molecule has 1 N–H and O–H groups in total. The van der Waals surface area contributed by atoms with Crippen molar-refractivity contribution in [2.24, 2.45) is 0 Å². The van der Waals surface area contributed by atoms with Gasteiger partial charge in [0, 0.05) is 66.7 Å². The molecule has 2 heterocycles. The highest BCUT2D eigenvalue weighted by molar-refractivity contribution is 7.90. The third-order valence-corrected chi connectivity index (χ3v) is 11.9. The van der Waals surface area contributed by atoms with E-state index in [-0.39, 0.29) is 35.4 Å². The minimum atomic E-state index is -4.41. The molecular weight excluding hydrogens is 777 g/mol. The van der Waals surface area contributed by atoms with Crippen molar-refractivity contribution in [3.05, 3.63) is 87.3 Å². The fourth-order valence-electron chi connectivity index (χ4n) is 6.90. The summed E-state index contributed by atoms with van der Waals surface area (Å²) in [5.41, 5.74) is 1.99. The molecule has 0 radical (unpaired) electrons. The average Bonchev–Trinajstić information content (AvgIpc) is 3.14. The van der Waals surface area contributed by atoms with E-state index in [0.717, 1.165) is 42.7 Å². The van der Waals surface area contributed by atoms with Crippen molar-refractivity contribution < 1.29 is 35.3 Å². The van der Waals surface area contributed by atoms with Gasteiger partial charge in [0.2, 0.25) is 5.36 Å². The van der Waals surface area contributed by atoms with Crippen LogP contribution in [0.1, 0.15) is 116 Å². The number of fused-ring (bicyclic) bond motifs is 2. The van der Waals surface area contributed by atoms with E-state index < -0.39 is 31.3 Å². The Bertz CT molecular complexity index is 2320. The standard InChI is InChI=1S/C45H62N2O9S2/c1-7-9-11-15-25-46(26-16-12-10-8-2)36-22-24-38-41(33-36)56-44(49)39(43(38)48)20-14-13-19-34-31-42(45(3,4)5)55-40-32-35(21-23-37(34)40)47(27-17-29-57(6,50)51)28-18-30-58(52,53)54/h13-14,19-24,31-33H,7-12,15-18,25-30H2,1-6H3,(H,52,53,54). The van der Waals surface area contributed by atoms with E-state index in [0.29, 0.717) is 40.8 Å². The molecule has 0 atom stereocenters. The van der Waals surface area contributed by atoms with Gasteiger partial charge in [-0.2, -0.15) is 0 Å². The number of sulfone groups is 1. The predicted molar refractivity (Wildman–Crippen MR) is 235 cm³/mol. The molecule has 318 valence electrons. The fourth-order valence-corrected chi connectivity index (χ4v) is 8.03. The number of unbranched alkanes of at least 4 members (excludes halogenated alkanes) is 6. The van der Waals surface area contributed by atoms with Gasteiger partial charge in [0.25, 0.3) is 0 Å². The molecule has 11 nitrogen and oxygen atoms in total. The summed E-state index contributed by atoms with van der Waals surface area (Å²) >= 11 is 0. The lowest BCUT2D eigenvalue weighted by Crippen LogP contribution is -2.33. The first-order valence-electron chi connectivity index (χ1n) is 20.6. The number of anilines is 1. The quantitative estimate of drug-likeness (QED) is 0.0268. The van der Waals surface area contributed by atoms with Crippen LogP contribution in [0.3, 0.4) is 0 Å². The molecule has 1 aliphatic carbocycles. The van der Waals surface area contributed by atoms with Gasteiger partial charge >= 0.3 is 5.63 Å². The van der Waals surface area contributed by atoms with E-state index in [1.165, 1.54) is 50.9 Å². The molecule has 2 aliphatic rings. The van der Waals surface area contributed by atoms with Crippen molar-refractivity contribution in [1.29, 1.82) is 0 Å². The van der Waals surface area contributed by atoms with Crippen LogP contribution in [0.5, 0.6) is 5.75 Å². The minimum Gasteiger partial charge on any atom is -0.748 e. The number of allylic oxidation sites excluding steroid dienone is 2.